The molecule has 0 aliphatic heterocycles. The molecule has 0 aliphatic rings. The maximum absolute atomic E-state index is 12.5. The molecular weight excluding hydrogens is 442 g/mol. The van der Waals surface area contributed by atoms with Crippen LogP contribution in [-0.4, -0.2) is 18.2 Å². The molecule has 0 bridgehead atoms. The van der Waals surface area contributed by atoms with Gasteiger partial charge in [-0.3, -0.25) is 0 Å². The number of aromatic hydroxyl groups is 1. The topological polar surface area (TPSA) is 70.3 Å². The fraction of sp³-hybridized carbons (Fsp3) is 0.360. The second-order valence-corrected chi connectivity index (χ2v) is 10.2. The van der Waals surface area contributed by atoms with Crippen LogP contribution in [0.5, 0.6) is 5.75 Å². The van der Waals surface area contributed by atoms with Crippen LogP contribution in [0, 0.1) is 11.3 Å². The van der Waals surface area contributed by atoms with Gasteiger partial charge in [0.05, 0.1) is 7.11 Å². The van der Waals surface area contributed by atoms with E-state index in [4.69, 9.17) is 4.74 Å². The van der Waals surface area contributed by atoms with Gasteiger partial charge in [0, 0.05) is 21.2 Å². The number of methoxy groups -OCH3 is 1. The summed E-state index contributed by atoms with van der Waals surface area (Å²) in [7, 11) is 1.26. The summed E-state index contributed by atoms with van der Waals surface area (Å²) in [6, 6.07) is 13.2. The summed E-state index contributed by atoms with van der Waals surface area (Å²) in [5, 5.41) is 20.9. The average molecular weight is 470 g/mol. The summed E-state index contributed by atoms with van der Waals surface area (Å²) in [6.07, 6.45) is 0. The largest absolute Gasteiger partial charge is 0.507 e. The molecule has 2 aromatic rings. The number of nitriles is 1. The third kappa shape index (κ3) is 4.94. The van der Waals surface area contributed by atoms with Gasteiger partial charge in [-0.05, 0) is 46.2 Å². The van der Waals surface area contributed by atoms with E-state index in [0.29, 0.717) is 16.7 Å². The molecular formula is C25H28BrNO3. The molecule has 2 rings (SSSR count). The summed E-state index contributed by atoms with van der Waals surface area (Å²) in [4.78, 5) is 12.5. The summed E-state index contributed by atoms with van der Waals surface area (Å²) in [5.74, 6) is -0.455. The molecule has 5 heteroatoms. The van der Waals surface area contributed by atoms with Crippen LogP contribution in [0.2, 0.25) is 0 Å². The van der Waals surface area contributed by atoms with Crippen LogP contribution in [0.1, 0.15) is 63.8 Å². The quantitative estimate of drug-likeness (QED) is 0.327. The summed E-state index contributed by atoms with van der Waals surface area (Å²) in [6.45, 7) is 12.1. The molecule has 0 amide bonds. The first-order valence-corrected chi connectivity index (χ1v) is 10.5. The summed E-state index contributed by atoms with van der Waals surface area (Å²) < 4.78 is 5.78. The number of phenols is 1. The van der Waals surface area contributed by atoms with Gasteiger partial charge in [0.15, 0.2) is 0 Å². The minimum absolute atomic E-state index is 0.0785. The molecule has 0 saturated heterocycles. The first-order valence-electron chi connectivity index (χ1n) is 9.68. The van der Waals surface area contributed by atoms with Gasteiger partial charge in [0.2, 0.25) is 0 Å². The third-order valence-electron chi connectivity index (χ3n) is 4.90. The van der Waals surface area contributed by atoms with Crippen molar-refractivity contribution in [2.75, 3.05) is 7.11 Å². The van der Waals surface area contributed by atoms with Crippen LogP contribution in [0.4, 0.5) is 0 Å². The fourth-order valence-electron chi connectivity index (χ4n) is 3.30. The van der Waals surface area contributed by atoms with Gasteiger partial charge < -0.3 is 9.84 Å². The Kier molecular flexibility index (Phi) is 6.83. The smallest absolute Gasteiger partial charge is 0.349 e. The zero-order valence-electron chi connectivity index (χ0n) is 18.6. The SMILES string of the molecule is COC(=O)C(C#N)=C(c1ccc(Br)cc1)c1cc(C(C)(C)C)c(O)c(C(C)(C)C)c1. The molecule has 0 heterocycles. The zero-order chi connectivity index (χ0) is 22.9. The second-order valence-electron chi connectivity index (χ2n) is 9.28. The predicted octanol–water partition coefficient (Wildman–Crippen LogP) is 6.25. The first-order chi connectivity index (χ1) is 13.8. The minimum atomic E-state index is -0.696. The number of carbonyl (C=O) groups is 1. The Bertz CT molecular complexity index is 995. The van der Waals surface area contributed by atoms with Gasteiger partial charge in [-0.25, -0.2) is 4.79 Å². The Balaban J connectivity index is 3.02. The van der Waals surface area contributed by atoms with Crippen LogP contribution in [-0.2, 0) is 20.4 Å². The predicted molar refractivity (Wildman–Crippen MR) is 123 cm³/mol. The number of benzene rings is 2. The standard InChI is InChI=1S/C25H28BrNO3/c1-24(2,3)19-12-16(13-20(22(19)28)25(4,5)6)21(18(14-27)23(29)30-7)15-8-10-17(26)11-9-15/h8-13,28H,1-7H3. The average Bonchev–Trinajstić information content (AvgIpc) is 2.65. The summed E-state index contributed by atoms with van der Waals surface area (Å²) >= 11 is 3.43. The molecule has 0 spiro atoms. The fourth-order valence-corrected chi connectivity index (χ4v) is 3.56. The van der Waals surface area contributed by atoms with Gasteiger partial charge in [-0.15, -0.1) is 0 Å². The number of nitrogens with zero attached hydrogens (tertiary/aromatic N) is 1. The normalized spacial score (nSPS) is 12.8. The van der Waals surface area contributed by atoms with Crippen molar-refractivity contribution in [3.8, 4) is 11.8 Å². The number of hydrogen-bond acceptors (Lipinski definition) is 4. The lowest BCUT2D eigenvalue weighted by Gasteiger charge is -2.29. The highest BCUT2D eigenvalue weighted by Crippen LogP contribution is 2.42. The van der Waals surface area contributed by atoms with E-state index in [2.05, 4.69) is 15.9 Å². The van der Waals surface area contributed by atoms with Crippen LogP contribution < -0.4 is 0 Å². The second kappa shape index (κ2) is 8.65. The van der Waals surface area contributed by atoms with E-state index in [1.54, 1.807) is 0 Å². The highest BCUT2D eigenvalue weighted by molar-refractivity contribution is 9.10. The maximum atomic E-state index is 12.5. The molecule has 0 atom stereocenters. The van der Waals surface area contributed by atoms with Crippen molar-refractivity contribution in [1.82, 2.24) is 0 Å². The Morgan fingerprint density at radius 3 is 1.80 bits per heavy atom. The Morgan fingerprint density at radius 2 is 1.43 bits per heavy atom. The van der Waals surface area contributed by atoms with Gasteiger partial charge in [-0.1, -0.05) is 69.6 Å². The van der Waals surface area contributed by atoms with E-state index >= 15 is 0 Å². The van der Waals surface area contributed by atoms with Crippen LogP contribution >= 0.6 is 15.9 Å². The van der Waals surface area contributed by atoms with E-state index in [9.17, 15) is 15.2 Å². The Labute approximate surface area is 187 Å². The summed E-state index contributed by atoms with van der Waals surface area (Å²) in [5.41, 5.74) is 2.62. The lowest BCUT2D eigenvalue weighted by atomic mass is 9.77. The van der Waals surface area contributed by atoms with E-state index in [0.717, 1.165) is 15.6 Å². The molecule has 158 valence electrons. The van der Waals surface area contributed by atoms with Gasteiger partial charge in [-0.2, -0.15) is 5.26 Å². The molecule has 0 aromatic heterocycles. The Morgan fingerprint density at radius 1 is 0.967 bits per heavy atom. The Hall–Kier alpha value is -2.58. The molecule has 2 aromatic carbocycles. The minimum Gasteiger partial charge on any atom is -0.507 e. The van der Waals surface area contributed by atoms with E-state index < -0.39 is 5.97 Å². The van der Waals surface area contributed by atoms with Gasteiger partial charge in [0.25, 0.3) is 0 Å². The molecule has 0 unspecified atom stereocenters. The molecule has 0 fully saturated rings. The highest BCUT2D eigenvalue weighted by Gasteiger charge is 2.29. The van der Waals surface area contributed by atoms with Gasteiger partial charge >= 0.3 is 5.97 Å². The van der Waals surface area contributed by atoms with Crippen molar-refractivity contribution < 1.29 is 14.6 Å². The van der Waals surface area contributed by atoms with Crippen molar-refractivity contribution in [1.29, 1.82) is 5.26 Å². The molecule has 0 radical (unpaired) electrons. The number of esters is 1. The van der Waals surface area contributed by atoms with E-state index in [1.165, 1.54) is 7.11 Å². The number of halogens is 1. The van der Waals surface area contributed by atoms with E-state index in [1.807, 2.05) is 84.0 Å². The maximum Gasteiger partial charge on any atom is 0.349 e. The van der Waals surface area contributed by atoms with Crippen LogP contribution in [0.15, 0.2) is 46.4 Å². The number of ether oxygens (including phenoxy) is 1. The van der Waals surface area contributed by atoms with Crippen LogP contribution in [0.25, 0.3) is 5.57 Å². The molecule has 0 aliphatic carbocycles. The van der Waals surface area contributed by atoms with Crippen molar-refractivity contribution in [2.24, 2.45) is 0 Å². The van der Waals surface area contributed by atoms with E-state index in [-0.39, 0.29) is 22.2 Å². The van der Waals surface area contributed by atoms with Crippen molar-refractivity contribution in [3.63, 3.8) is 0 Å². The molecule has 0 saturated carbocycles. The number of carbonyl (C=O) groups excluding carboxylic acids is 1. The lowest BCUT2D eigenvalue weighted by Crippen LogP contribution is -2.18. The zero-order valence-corrected chi connectivity index (χ0v) is 20.1. The third-order valence-corrected chi connectivity index (χ3v) is 5.43. The van der Waals surface area contributed by atoms with Crippen LogP contribution in [0.3, 0.4) is 0 Å². The number of phenolic OH excluding ortho intramolecular Hbond substituents is 1. The van der Waals surface area contributed by atoms with Crippen molar-refractivity contribution in [3.05, 3.63) is 68.7 Å². The first kappa shape index (κ1) is 23.7. The monoisotopic (exact) mass is 469 g/mol. The molecule has 1 N–H and O–H groups in total. The highest BCUT2D eigenvalue weighted by atomic mass is 79.9. The van der Waals surface area contributed by atoms with Crippen molar-refractivity contribution in [2.45, 2.75) is 52.4 Å². The number of hydrogen-bond donors (Lipinski definition) is 1. The molecule has 4 nitrogen and oxygen atoms in total. The van der Waals surface area contributed by atoms with Gasteiger partial charge in [0.1, 0.15) is 17.4 Å². The number of rotatable bonds is 3. The molecule has 30 heavy (non-hydrogen) atoms. The lowest BCUT2D eigenvalue weighted by molar-refractivity contribution is -0.135. The van der Waals surface area contributed by atoms with Crippen molar-refractivity contribution >= 4 is 27.5 Å².